The van der Waals surface area contributed by atoms with Crippen molar-refractivity contribution in [3.05, 3.63) is 0 Å². The van der Waals surface area contributed by atoms with Crippen LogP contribution >= 0.6 is 0 Å². The van der Waals surface area contributed by atoms with Crippen LogP contribution in [0.3, 0.4) is 0 Å². The topological polar surface area (TPSA) is 52.9 Å². The van der Waals surface area contributed by atoms with Gasteiger partial charge in [0.25, 0.3) is 0 Å². The van der Waals surface area contributed by atoms with E-state index < -0.39 is 0 Å². The molecular formula is C9H14N2O. The number of carbonyl (C=O) groups excluding carboxylic acids is 1. The minimum atomic E-state index is -0.310. The highest BCUT2D eigenvalue weighted by molar-refractivity contribution is 5.85. The Labute approximate surface area is 72.8 Å². The van der Waals surface area contributed by atoms with Crippen LogP contribution in [0.25, 0.3) is 0 Å². The monoisotopic (exact) mass is 166 g/mol. The molecule has 0 saturated heterocycles. The molecule has 0 aromatic heterocycles. The zero-order chi connectivity index (χ0) is 9.19. The van der Waals surface area contributed by atoms with Crippen LogP contribution in [0.15, 0.2) is 0 Å². The van der Waals surface area contributed by atoms with E-state index in [4.69, 9.17) is 5.26 Å². The molecule has 1 saturated carbocycles. The quantitative estimate of drug-likeness (QED) is 0.685. The van der Waals surface area contributed by atoms with Gasteiger partial charge in [-0.25, -0.2) is 0 Å². The normalized spacial score (nSPS) is 20.8. The molecule has 0 aromatic carbocycles. The van der Waals surface area contributed by atoms with E-state index in [1.807, 2.05) is 13.8 Å². The van der Waals surface area contributed by atoms with Gasteiger partial charge in [-0.2, -0.15) is 5.26 Å². The highest BCUT2D eigenvalue weighted by Crippen LogP contribution is 2.45. The Kier molecular flexibility index (Phi) is 2.37. The molecule has 0 aliphatic heterocycles. The third-order valence-corrected chi connectivity index (χ3v) is 2.42. The third kappa shape index (κ3) is 1.76. The number of rotatable bonds is 3. The molecule has 1 aliphatic carbocycles. The van der Waals surface area contributed by atoms with Gasteiger partial charge in [-0.05, 0) is 19.3 Å². The fourth-order valence-corrected chi connectivity index (χ4v) is 0.973. The van der Waals surface area contributed by atoms with E-state index in [1.54, 1.807) is 0 Å². The van der Waals surface area contributed by atoms with E-state index in [0.29, 0.717) is 6.42 Å². The average Bonchev–Trinajstić information content (AvgIpc) is 2.80. The molecule has 0 bridgehead atoms. The summed E-state index contributed by atoms with van der Waals surface area (Å²) in [6.45, 7) is 3.83. The lowest BCUT2D eigenvalue weighted by Gasteiger charge is -2.12. The fourth-order valence-electron chi connectivity index (χ4n) is 0.973. The molecule has 0 spiro atoms. The molecule has 12 heavy (non-hydrogen) atoms. The molecule has 1 atom stereocenters. The first-order valence-corrected chi connectivity index (χ1v) is 4.33. The third-order valence-electron chi connectivity index (χ3n) is 2.42. The maximum atomic E-state index is 11.4. The SMILES string of the molecule is CC[C@@H](C#N)NC(=O)C1(C)CC1. The van der Waals surface area contributed by atoms with Gasteiger partial charge >= 0.3 is 0 Å². The van der Waals surface area contributed by atoms with Crippen molar-refractivity contribution in [1.82, 2.24) is 5.32 Å². The maximum Gasteiger partial charge on any atom is 0.226 e. The number of nitriles is 1. The van der Waals surface area contributed by atoms with Gasteiger partial charge in [-0.1, -0.05) is 13.8 Å². The van der Waals surface area contributed by atoms with Crippen molar-refractivity contribution in [2.75, 3.05) is 0 Å². The second kappa shape index (κ2) is 3.14. The van der Waals surface area contributed by atoms with Gasteiger partial charge in [0.15, 0.2) is 0 Å². The zero-order valence-electron chi connectivity index (χ0n) is 7.55. The van der Waals surface area contributed by atoms with E-state index in [0.717, 1.165) is 12.8 Å². The van der Waals surface area contributed by atoms with Crippen LogP contribution in [-0.2, 0) is 4.79 Å². The molecule has 3 heteroatoms. The summed E-state index contributed by atoms with van der Waals surface area (Å²) in [7, 11) is 0. The van der Waals surface area contributed by atoms with Crippen LogP contribution in [0.2, 0.25) is 0 Å². The fraction of sp³-hybridized carbons (Fsp3) is 0.778. The highest BCUT2D eigenvalue weighted by Gasteiger charge is 2.45. The average molecular weight is 166 g/mol. The van der Waals surface area contributed by atoms with Gasteiger partial charge in [0, 0.05) is 5.41 Å². The van der Waals surface area contributed by atoms with Gasteiger partial charge in [-0.15, -0.1) is 0 Å². The number of nitrogens with one attached hydrogen (secondary N) is 1. The molecule has 66 valence electrons. The Balaban J connectivity index is 2.41. The summed E-state index contributed by atoms with van der Waals surface area (Å²) in [5, 5.41) is 11.3. The summed E-state index contributed by atoms with van der Waals surface area (Å²) in [5.41, 5.74) is -0.162. The number of nitrogens with zero attached hydrogens (tertiary/aromatic N) is 1. The molecule has 1 aliphatic rings. The summed E-state index contributed by atoms with van der Waals surface area (Å²) < 4.78 is 0. The minimum absolute atomic E-state index is 0.0379. The Morgan fingerprint density at radius 3 is 2.67 bits per heavy atom. The Bertz CT molecular complexity index is 225. The lowest BCUT2D eigenvalue weighted by molar-refractivity contribution is -0.126. The molecule has 0 aromatic rings. The first-order valence-electron chi connectivity index (χ1n) is 4.33. The maximum absolute atomic E-state index is 11.4. The summed E-state index contributed by atoms with van der Waals surface area (Å²) in [6.07, 6.45) is 2.60. The van der Waals surface area contributed by atoms with Gasteiger partial charge in [-0.3, -0.25) is 4.79 Å². The summed E-state index contributed by atoms with van der Waals surface area (Å²) in [6, 6.07) is 1.74. The van der Waals surface area contributed by atoms with Crippen molar-refractivity contribution in [2.45, 2.75) is 39.2 Å². The van der Waals surface area contributed by atoms with Crippen molar-refractivity contribution in [1.29, 1.82) is 5.26 Å². The van der Waals surface area contributed by atoms with Crippen LogP contribution in [0.1, 0.15) is 33.1 Å². The van der Waals surface area contributed by atoms with E-state index in [1.165, 1.54) is 0 Å². The van der Waals surface area contributed by atoms with Gasteiger partial charge < -0.3 is 5.32 Å². The molecule has 0 radical (unpaired) electrons. The number of hydrogen-bond acceptors (Lipinski definition) is 2. The summed E-state index contributed by atoms with van der Waals surface area (Å²) >= 11 is 0. The number of hydrogen-bond donors (Lipinski definition) is 1. The molecule has 0 unspecified atom stereocenters. The second-order valence-electron chi connectivity index (χ2n) is 3.62. The van der Waals surface area contributed by atoms with Crippen LogP contribution in [0.5, 0.6) is 0 Å². The van der Waals surface area contributed by atoms with Crippen molar-refractivity contribution < 1.29 is 4.79 Å². The predicted octanol–water partition coefficient (Wildman–Crippen LogP) is 1.20. The van der Waals surface area contributed by atoms with Crippen molar-refractivity contribution in [3.8, 4) is 6.07 Å². The van der Waals surface area contributed by atoms with Gasteiger partial charge in [0.05, 0.1) is 6.07 Å². The Morgan fingerprint density at radius 1 is 1.75 bits per heavy atom. The Morgan fingerprint density at radius 2 is 2.33 bits per heavy atom. The second-order valence-corrected chi connectivity index (χ2v) is 3.62. The lowest BCUT2D eigenvalue weighted by atomic mass is 10.1. The largest absolute Gasteiger partial charge is 0.340 e. The summed E-state index contributed by atoms with van der Waals surface area (Å²) in [5.74, 6) is 0.0379. The van der Waals surface area contributed by atoms with E-state index >= 15 is 0 Å². The molecule has 1 fully saturated rings. The van der Waals surface area contributed by atoms with Crippen LogP contribution in [0, 0.1) is 16.7 Å². The van der Waals surface area contributed by atoms with Gasteiger partial charge in [0.1, 0.15) is 6.04 Å². The predicted molar refractivity (Wildman–Crippen MR) is 45.2 cm³/mol. The van der Waals surface area contributed by atoms with E-state index in [-0.39, 0.29) is 17.4 Å². The number of carbonyl (C=O) groups is 1. The lowest BCUT2D eigenvalue weighted by Crippen LogP contribution is -2.37. The van der Waals surface area contributed by atoms with Crippen molar-refractivity contribution in [2.24, 2.45) is 5.41 Å². The number of amides is 1. The van der Waals surface area contributed by atoms with E-state index in [2.05, 4.69) is 11.4 Å². The molecule has 1 N–H and O–H groups in total. The van der Waals surface area contributed by atoms with Crippen molar-refractivity contribution >= 4 is 5.91 Å². The van der Waals surface area contributed by atoms with Crippen molar-refractivity contribution in [3.63, 3.8) is 0 Å². The zero-order valence-corrected chi connectivity index (χ0v) is 7.55. The van der Waals surface area contributed by atoms with Crippen LogP contribution < -0.4 is 5.32 Å². The first-order chi connectivity index (χ1) is 5.62. The minimum Gasteiger partial charge on any atom is -0.340 e. The molecular weight excluding hydrogens is 152 g/mol. The molecule has 0 heterocycles. The first kappa shape index (κ1) is 9.05. The molecule has 1 amide bonds. The van der Waals surface area contributed by atoms with Gasteiger partial charge in [0.2, 0.25) is 5.91 Å². The highest BCUT2D eigenvalue weighted by atomic mass is 16.2. The van der Waals surface area contributed by atoms with Crippen LogP contribution in [-0.4, -0.2) is 11.9 Å². The smallest absolute Gasteiger partial charge is 0.226 e. The van der Waals surface area contributed by atoms with Crippen LogP contribution in [0.4, 0.5) is 0 Å². The van der Waals surface area contributed by atoms with E-state index in [9.17, 15) is 4.79 Å². The summed E-state index contributed by atoms with van der Waals surface area (Å²) in [4.78, 5) is 11.4. The molecule has 3 nitrogen and oxygen atoms in total. The Hall–Kier alpha value is -1.04. The molecule has 1 rings (SSSR count). The standard InChI is InChI=1S/C9H14N2O/c1-3-7(6-10)11-8(12)9(2)4-5-9/h7H,3-5H2,1-2H3,(H,11,12)/t7-/m0/s1.